The molecule has 1 atom stereocenters. The summed E-state index contributed by atoms with van der Waals surface area (Å²) in [6.07, 6.45) is 0. The van der Waals surface area contributed by atoms with Crippen LogP contribution in [0.15, 0.2) is 24.3 Å². The molecule has 0 aromatic carbocycles. The van der Waals surface area contributed by atoms with Crippen LogP contribution in [0.5, 0.6) is 0 Å². The zero-order chi connectivity index (χ0) is 13.4. The molecule has 0 rings (SSSR count). The summed E-state index contributed by atoms with van der Waals surface area (Å²) in [5.41, 5.74) is 5.94. The third-order valence-electron chi connectivity index (χ3n) is 1.61. The maximum absolute atomic E-state index is 11.3. The molecule has 0 saturated carbocycles. The van der Waals surface area contributed by atoms with Gasteiger partial charge in [0.1, 0.15) is 6.04 Å². The molecule has 96 valence electrons. The molecule has 0 aromatic heterocycles. The fraction of sp³-hybridized carbons (Fsp3) is 0.455. The summed E-state index contributed by atoms with van der Waals surface area (Å²) in [6.45, 7) is 8.42. The molecule has 0 aromatic rings. The monoisotopic (exact) mass is 243 g/mol. The molecule has 3 N–H and O–H groups in total. The summed E-state index contributed by atoms with van der Waals surface area (Å²) in [6, 6.07) is -1.23. The van der Waals surface area contributed by atoms with Gasteiger partial charge in [0.2, 0.25) is 0 Å². The van der Waals surface area contributed by atoms with Crippen LogP contribution in [-0.4, -0.2) is 42.9 Å². The Hall–Kier alpha value is -1.50. The van der Waals surface area contributed by atoms with Gasteiger partial charge in [0.05, 0.1) is 25.4 Å². The molecule has 6 nitrogen and oxygen atoms in total. The van der Waals surface area contributed by atoms with Crippen LogP contribution in [0.25, 0.3) is 0 Å². The van der Waals surface area contributed by atoms with E-state index < -0.39 is 24.6 Å². The predicted molar refractivity (Wildman–Crippen MR) is 60.9 cm³/mol. The molecular formula is C11H17NO5. The van der Waals surface area contributed by atoms with Gasteiger partial charge < -0.3 is 20.3 Å². The van der Waals surface area contributed by atoms with E-state index in [1.54, 1.807) is 6.92 Å². The lowest BCUT2D eigenvalue weighted by Gasteiger charge is -2.09. The Morgan fingerprint density at radius 2 is 1.94 bits per heavy atom. The van der Waals surface area contributed by atoms with Gasteiger partial charge in [0, 0.05) is 0 Å². The van der Waals surface area contributed by atoms with E-state index in [4.69, 9.17) is 15.6 Å². The SMILES string of the molecule is C=C(C)COCC(=C)C(=O)OC(=O)[C@@H](N)CO. The molecule has 0 aliphatic heterocycles. The summed E-state index contributed by atoms with van der Waals surface area (Å²) in [5, 5.41) is 8.57. The Balaban J connectivity index is 4.02. The lowest BCUT2D eigenvalue weighted by atomic mass is 10.3. The number of hydrogen-bond acceptors (Lipinski definition) is 6. The smallest absolute Gasteiger partial charge is 0.343 e. The van der Waals surface area contributed by atoms with Crippen molar-refractivity contribution in [3.05, 3.63) is 24.3 Å². The molecule has 0 heterocycles. The highest BCUT2D eigenvalue weighted by atomic mass is 16.6. The highest BCUT2D eigenvalue weighted by molar-refractivity contribution is 5.97. The van der Waals surface area contributed by atoms with Crippen molar-refractivity contribution >= 4 is 11.9 Å². The fourth-order valence-electron chi connectivity index (χ4n) is 0.721. The normalized spacial score (nSPS) is 11.7. The Kier molecular flexibility index (Phi) is 7.04. The second kappa shape index (κ2) is 7.72. The number of carbonyl (C=O) groups is 2. The molecule has 0 saturated heterocycles. The lowest BCUT2D eigenvalue weighted by Crippen LogP contribution is -2.37. The molecule has 6 heteroatoms. The molecular weight excluding hydrogens is 226 g/mol. The average Bonchev–Trinajstić information content (AvgIpc) is 2.26. The second-order valence-electron chi connectivity index (χ2n) is 3.55. The largest absolute Gasteiger partial charge is 0.394 e. The topological polar surface area (TPSA) is 98.9 Å². The third-order valence-corrected chi connectivity index (χ3v) is 1.61. The Morgan fingerprint density at radius 3 is 2.41 bits per heavy atom. The van der Waals surface area contributed by atoms with Crippen LogP contribution >= 0.6 is 0 Å². The predicted octanol–water partition coefficient (Wildman–Crippen LogP) is -0.475. The molecule has 17 heavy (non-hydrogen) atoms. The number of ether oxygens (including phenoxy) is 2. The summed E-state index contributed by atoms with van der Waals surface area (Å²) in [7, 11) is 0. The number of rotatable bonds is 7. The third kappa shape index (κ3) is 6.62. The van der Waals surface area contributed by atoms with E-state index in [2.05, 4.69) is 17.9 Å². The minimum atomic E-state index is -1.23. The summed E-state index contributed by atoms with van der Waals surface area (Å²) < 4.78 is 9.41. The quantitative estimate of drug-likeness (QED) is 0.271. The number of hydrogen-bond donors (Lipinski definition) is 2. The highest BCUT2D eigenvalue weighted by Crippen LogP contribution is 1.99. The molecule has 0 amide bonds. The molecule has 0 aliphatic carbocycles. The first kappa shape index (κ1) is 15.5. The van der Waals surface area contributed by atoms with Crippen LogP contribution in [0.4, 0.5) is 0 Å². The number of esters is 2. The van der Waals surface area contributed by atoms with Gasteiger partial charge in [-0.25, -0.2) is 9.59 Å². The van der Waals surface area contributed by atoms with Gasteiger partial charge in [0.15, 0.2) is 0 Å². The minimum Gasteiger partial charge on any atom is -0.394 e. The van der Waals surface area contributed by atoms with E-state index in [9.17, 15) is 9.59 Å². The summed E-state index contributed by atoms with van der Waals surface area (Å²) >= 11 is 0. The van der Waals surface area contributed by atoms with Crippen LogP contribution in [-0.2, 0) is 19.1 Å². The number of nitrogens with two attached hydrogens (primary N) is 1. The maximum Gasteiger partial charge on any atom is 0.343 e. The second-order valence-corrected chi connectivity index (χ2v) is 3.55. The lowest BCUT2D eigenvalue weighted by molar-refractivity contribution is -0.158. The van der Waals surface area contributed by atoms with Crippen molar-refractivity contribution in [1.29, 1.82) is 0 Å². The van der Waals surface area contributed by atoms with E-state index in [0.29, 0.717) is 0 Å². The van der Waals surface area contributed by atoms with E-state index >= 15 is 0 Å². The first-order valence-electron chi connectivity index (χ1n) is 4.90. The van der Waals surface area contributed by atoms with E-state index in [0.717, 1.165) is 5.57 Å². The van der Waals surface area contributed by atoms with E-state index in [1.807, 2.05) is 0 Å². The summed E-state index contributed by atoms with van der Waals surface area (Å²) in [5.74, 6) is -1.92. The first-order chi connectivity index (χ1) is 7.88. The van der Waals surface area contributed by atoms with Crippen molar-refractivity contribution in [3.63, 3.8) is 0 Å². The van der Waals surface area contributed by atoms with Gasteiger partial charge in [0.25, 0.3) is 0 Å². The Labute approximate surface area is 99.7 Å². The van der Waals surface area contributed by atoms with E-state index in [-0.39, 0.29) is 18.8 Å². The van der Waals surface area contributed by atoms with Gasteiger partial charge in [-0.3, -0.25) is 0 Å². The molecule has 0 fully saturated rings. The number of carbonyl (C=O) groups excluding carboxylic acids is 2. The molecule has 0 aliphatic rings. The van der Waals surface area contributed by atoms with Crippen molar-refractivity contribution in [3.8, 4) is 0 Å². The Morgan fingerprint density at radius 1 is 1.35 bits per heavy atom. The average molecular weight is 243 g/mol. The molecule has 0 radical (unpaired) electrons. The zero-order valence-corrected chi connectivity index (χ0v) is 9.77. The van der Waals surface area contributed by atoms with Gasteiger partial charge in [-0.2, -0.15) is 0 Å². The van der Waals surface area contributed by atoms with Crippen molar-refractivity contribution < 1.29 is 24.2 Å². The van der Waals surface area contributed by atoms with Crippen LogP contribution in [0.1, 0.15) is 6.92 Å². The zero-order valence-electron chi connectivity index (χ0n) is 9.77. The number of aliphatic hydroxyl groups is 1. The minimum absolute atomic E-state index is 0.00950. The van der Waals surface area contributed by atoms with E-state index in [1.165, 1.54) is 0 Å². The van der Waals surface area contributed by atoms with Crippen LogP contribution in [0.2, 0.25) is 0 Å². The fourth-order valence-corrected chi connectivity index (χ4v) is 0.721. The van der Waals surface area contributed by atoms with Crippen LogP contribution in [0, 0.1) is 0 Å². The molecule has 0 spiro atoms. The van der Waals surface area contributed by atoms with Gasteiger partial charge in [-0.15, -0.1) is 0 Å². The van der Waals surface area contributed by atoms with Crippen LogP contribution in [0.3, 0.4) is 0 Å². The standard InChI is InChI=1S/C11H17NO5/c1-7(2)5-16-6-8(3)10(14)17-11(15)9(12)4-13/h9,13H,1,3-6,12H2,2H3/t9-/m0/s1. The van der Waals surface area contributed by atoms with Gasteiger partial charge in [-0.1, -0.05) is 18.7 Å². The molecule has 0 bridgehead atoms. The maximum atomic E-state index is 11.3. The van der Waals surface area contributed by atoms with Crippen LogP contribution < -0.4 is 5.73 Å². The van der Waals surface area contributed by atoms with Gasteiger partial charge >= 0.3 is 11.9 Å². The van der Waals surface area contributed by atoms with Gasteiger partial charge in [-0.05, 0) is 6.92 Å². The Bertz CT molecular complexity index is 324. The van der Waals surface area contributed by atoms with Crippen molar-refractivity contribution in [2.24, 2.45) is 5.73 Å². The molecule has 0 unspecified atom stereocenters. The van der Waals surface area contributed by atoms with Crippen molar-refractivity contribution in [2.45, 2.75) is 13.0 Å². The first-order valence-corrected chi connectivity index (χ1v) is 4.90. The summed E-state index contributed by atoms with van der Waals surface area (Å²) in [4.78, 5) is 22.3. The van der Waals surface area contributed by atoms with Crippen molar-refractivity contribution in [2.75, 3.05) is 19.8 Å². The highest BCUT2D eigenvalue weighted by Gasteiger charge is 2.19. The number of aliphatic hydroxyl groups excluding tert-OH is 1. The van der Waals surface area contributed by atoms with Crippen molar-refractivity contribution in [1.82, 2.24) is 0 Å².